The van der Waals surface area contributed by atoms with Crippen LogP contribution in [0.5, 0.6) is 0 Å². The van der Waals surface area contributed by atoms with Gasteiger partial charge >= 0.3 is 0 Å². The van der Waals surface area contributed by atoms with Gasteiger partial charge in [0.25, 0.3) is 0 Å². The first-order chi connectivity index (χ1) is 8.25. The van der Waals surface area contributed by atoms with Crippen molar-refractivity contribution >= 4 is 0 Å². The minimum absolute atomic E-state index is 0.280. The third kappa shape index (κ3) is 1.74. The number of aryl methyl sites for hydroxylation is 1. The minimum atomic E-state index is -0.524. The predicted octanol–water partition coefficient (Wildman–Crippen LogP) is 2.52. The van der Waals surface area contributed by atoms with Gasteiger partial charge in [0, 0.05) is 18.3 Å². The van der Waals surface area contributed by atoms with Crippen molar-refractivity contribution in [2.24, 2.45) is 0 Å². The summed E-state index contributed by atoms with van der Waals surface area (Å²) < 4.78 is 15.5. The average Bonchev–Trinajstić information content (AvgIpc) is 2.75. The zero-order chi connectivity index (χ0) is 11.8. The maximum atomic E-state index is 13.6. The molecule has 1 aromatic carbocycles. The lowest BCUT2D eigenvalue weighted by molar-refractivity contribution is 0.134. The Balaban J connectivity index is 2.08. The smallest absolute Gasteiger partial charge is 0.138 e. The van der Waals surface area contributed by atoms with Gasteiger partial charge in [0.1, 0.15) is 17.7 Å². The van der Waals surface area contributed by atoms with Crippen LogP contribution in [0.15, 0.2) is 30.5 Å². The van der Waals surface area contributed by atoms with Crippen LogP contribution >= 0.6 is 0 Å². The van der Waals surface area contributed by atoms with E-state index in [1.807, 2.05) is 10.8 Å². The number of nitrogens with zero attached hydrogens (tertiary/aromatic N) is 2. The molecule has 2 aromatic rings. The molecule has 88 valence electrons. The van der Waals surface area contributed by atoms with Crippen LogP contribution in [0.4, 0.5) is 4.39 Å². The van der Waals surface area contributed by atoms with E-state index >= 15 is 0 Å². The molecule has 2 heterocycles. The van der Waals surface area contributed by atoms with Gasteiger partial charge in [-0.2, -0.15) is 0 Å². The van der Waals surface area contributed by atoms with Gasteiger partial charge in [-0.3, -0.25) is 0 Å². The van der Waals surface area contributed by atoms with Crippen molar-refractivity contribution in [3.05, 3.63) is 42.1 Å². The third-order valence-corrected chi connectivity index (χ3v) is 3.13. The number of imidazole rings is 1. The van der Waals surface area contributed by atoms with Crippen molar-refractivity contribution in [2.75, 3.05) is 0 Å². The first-order valence-corrected chi connectivity index (χ1v) is 5.76. The Labute approximate surface area is 98.5 Å². The molecule has 0 radical (unpaired) electrons. The molecule has 1 atom stereocenters. The molecule has 0 spiro atoms. The summed E-state index contributed by atoms with van der Waals surface area (Å²) in [6.07, 6.45) is 2.95. The molecule has 0 unspecified atom stereocenters. The normalized spacial score (nSPS) is 19.1. The lowest BCUT2D eigenvalue weighted by atomic mass is 10.1. The Morgan fingerprint density at radius 1 is 1.35 bits per heavy atom. The van der Waals surface area contributed by atoms with E-state index in [2.05, 4.69) is 4.98 Å². The molecule has 1 aliphatic heterocycles. The van der Waals surface area contributed by atoms with E-state index in [1.54, 1.807) is 18.2 Å². The maximum absolute atomic E-state index is 13.6. The summed E-state index contributed by atoms with van der Waals surface area (Å²) in [5.74, 6) is 0.368. The van der Waals surface area contributed by atoms with Crippen LogP contribution in [0.1, 0.15) is 24.8 Å². The highest BCUT2D eigenvalue weighted by Gasteiger charge is 2.21. The van der Waals surface area contributed by atoms with Crippen LogP contribution < -0.4 is 0 Å². The molecule has 4 heteroatoms. The predicted molar refractivity (Wildman–Crippen MR) is 61.8 cm³/mol. The average molecular weight is 232 g/mol. The Bertz CT molecular complexity index is 550. The molecule has 0 amide bonds. The fraction of sp³-hybridized carbons (Fsp3) is 0.308. The molecule has 17 heavy (non-hydrogen) atoms. The van der Waals surface area contributed by atoms with E-state index in [1.165, 1.54) is 6.07 Å². The largest absolute Gasteiger partial charge is 0.385 e. The van der Waals surface area contributed by atoms with E-state index in [0.29, 0.717) is 17.1 Å². The number of hydrogen-bond donors (Lipinski definition) is 1. The van der Waals surface area contributed by atoms with Crippen molar-refractivity contribution in [1.82, 2.24) is 9.55 Å². The zero-order valence-corrected chi connectivity index (χ0v) is 9.31. The lowest BCUT2D eigenvalue weighted by Gasteiger charge is -2.18. The number of aliphatic hydroxyl groups excluding tert-OH is 1. The van der Waals surface area contributed by atoms with Crippen LogP contribution in [-0.2, 0) is 6.54 Å². The molecule has 3 nitrogen and oxygen atoms in total. The molecule has 1 N–H and O–H groups in total. The van der Waals surface area contributed by atoms with Crippen LogP contribution in [0.2, 0.25) is 0 Å². The molecular formula is C13H13FN2O. The molecule has 0 saturated heterocycles. The Morgan fingerprint density at radius 3 is 2.94 bits per heavy atom. The quantitative estimate of drug-likeness (QED) is 0.820. The summed E-state index contributed by atoms with van der Waals surface area (Å²) >= 11 is 0. The van der Waals surface area contributed by atoms with Gasteiger partial charge in [0.2, 0.25) is 0 Å². The first-order valence-electron chi connectivity index (χ1n) is 5.76. The highest BCUT2D eigenvalue weighted by Crippen LogP contribution is 2.28. The Morgan fingerprint density at radius 2 is 2.18 bits per heavy atom. The number of aromatic nitrogens is 2. The number of halogens is 1. The number of fused-ring (bicyclic) bond motifs is 1. The minimum Gasteiger partial charge on any atom is -0.385 e. The second-order valence-electron chi connectivity index (χ2n) is 4.32. The fourth-order valence-electron chi connectivity index (χ4n) is 2.26. The van der Waals surface area contributed by atoms with Crippen molar-refractivity contribution in [1.29, 1.82) is 0 Å². The monoisotopic (exact) mass is 232 g/mol. The van der Waals surface area contributed by atoms with E-state index in [4.69, 9.17) is 0 Å². The Hall–Kier alpha value is -1.68. The van der Waals surface area contributed by atoms with Crippen LogP contribution in [0.3, 0.4) is 0 Å². The summed E-state index contributed by atoms with van der Waals surface area (Å²) in [5.41, 5.74) is 1.08. The number of hydrogen-bond acceptors (Lipinski definition) is 2. The summed E-state index contributed by atoms with van der Waals surface area (Å²) in [5, 5.41) is 9.81. The second-order valence-corrected chi connectivity index (χ2v) is 4.32. The highest BCUT2D eigenvalue weighted by molar-refractivity contribution is 5.59. The van der Waals surface area contributed by atoms with E-state index in [-0.39, 0.29) is 5.82 Å². The zero-order valence-electron chi connectivity index (χ0n) is 9.31. The molecule has 0 aliphatic carbocycles. The molecule has 1 aromatic heterocycles. The Kier molecular flexibility index (Phi) is 2.44. The van der Waals surface area contributed by atoms with Gasteiger partial charge in [-0.25, -0.2) is 9.37 Å². The molecule has 1 aliphatic rings. The fourth-order valence-corrected chi connectivity index (χ4v) is 2.26. The van der Waals surface area contributed by atoms with E-state index < -0.39 is 6.10 Å². The van der Waals surface area contributed by atoms with Crippen LogP contribution in [0.25, 0.3) is 11.3 Å². The second kappa shape index (κ2) is 3.96. The van der Waals surface area contributed by atoms with E-state index in [9.17, 15) is 9.50 Å². The van der Waals surface area contributed by atoms with Crippen molar-refractivity contribution < 1.29 is 9.50 Å². The summed E-state index contributed by atoms with van der Waals surface area (Å²) in [4.78, 5) is 4.34. The van der Waals surface area contributed by atoms with Gasteiger partial charge in [0.05, 0.1) is 5.69 Å². The van der Waals surface area contributed by atoms with Gasteiger partial charge in [0.15, 0.2) is 0 Å². The van der Waals surface area contributed by atoms with Gasteiger partial charge < -0.3 is 9.67 Å². The molecular weight excluding hydrogens is 219 g/mol. The van der Waals surface area contributed by atoms with E-state index in [0.717, 1.165) is 19.4 Å². The lowest BCUT2D eigenvalue weighted by Crippen LogP contribution is -2.14. The van der Waals surface area contributed by atoms with Gasteiger partial charge in [-0.15, -0.1) is 0 Å². The molecule has 0 bridgehead atoms. The summed E-state index contributed by atoms with van der Waals surface area (Å²) in [6, 6.07) is 6.57. The van der Waals surface area contributed by atoms with Crippen LogP contribution in [0, 0.1) is 5.82 Å². The topological polar surface area (TPSA) is 38.0 Å². The number of rotatable bonds is 1. The van der Waals surface area contributed by atoms with Gasteiger partial charge in [-0.1, -0.05) is 12.1 Å². The van der Waals surface area contributed by atoms with Crippen molar-refractivity contribution in [3.63, 3.8) is 0 Å². The highest BCUT2D eigenvalue weighted by atomic mass is 19.1. The summed E-state index contributed by atoms with van der Waals surface area (Å²) in [6.45, 7) is 0.841. The van der Waals surface area contributed by atoms with Crippen molar-refractivity contribution in [3.8, 4) is 11.3 Å². The summed E-state index contributed by atoms with van der Waals surface area (Å²) in [7, 11) is 0. The SMILES string of the molecule is O[C@H]1CCCn2cc(-c3ccccc3F)nc21. The van der Waals surface area contributed by atoms with Gasteiger partial charge in [-0.05, 0) is 25.0 Å². The molecule has 0 fully saturated rings. The van der Waals surface area contributed by atoms with Crippen LogP contribution in [-0.4, -0.2) is 14.7 Å². The first kappa shape index (κ1) is 10.5. The number of aliphatic hydroxyl groups is 1. The third-order valence-electron chi connectivity index (χ3n) is 3.13. The number of benzene rings is 1. The molecule has 3 rings (SSSR count). The van der Waals surface area contributed by atoms with Crippen molar-refractivity contribution in [2.45, 2.75) is 25.5 Å². The standard InChI is InChI=1S/C13H13FN2O/c14-10-5-2-1-4-9(10)11-8-16-7-3-6-12(17)13(16)15-11/h1-2,4-5,8,12,17H,3,6-7H2/t12-/m0/s1. The molecule has 0 saturated carbocycles. The maximum Gasteiger partial charge on any atom is 0.138 e.